The van der Waals surface area contributed by atoms with Crippen LogP contribution in [0.1, 0.15) is 48.2 Å². The summed E-state index contributed by atoms with van der Waals surface area (Å²) in [5.41, 5.74) is -1.77. The zero-order chi connectivity index (χ0) is 33.8. The molecule has 1 aromatic heterocycles. The molecule has 0 saturated heterocycles. The number of hydrogen-bond donors (Lipinski definition) is 0. The molecular formula is C38H28F6NO2P. The number of halogens is 6. The summed E-state index contributed by atoms with van der Waals surface area (Å²) in [6, 6.07) is 31.9. The fraction of sp³-hybridized carbons (Fsp3) is 0.158. The average Bonchev–Trinajstić information content (AvgIpc) is 3.25. The first-order valence-corrected chi connectivity index (χ1v) is 16.4. The lowest BCUT2D eigenvalue weighted by molar-refractivity contribution is -0.137. The van der Waals surface area contributed by atoms with E-state index < -0.39 is 54.9 Å². The van der Waals surface area contributed by atoms with E-state index in [1.165, 1.54) is 12.1 Å². The molecule has 0 amide bonds. The van der Waals surface area contributed by atoms with Gasteiger partial charge in [-0.3, -0.25) is 0 Å². The Labute approximate surface area is 272 Å². The van der Waals surface area contributed by atoms with Gasteiger partial charge in [-0.25, -0.2) is 0 Å². The van der Waals surface area contributed by atoms with Crippen LogP contribution in [0.15, 0.2) is 130 Å². The predicted octanol–water partition coefficient (Wildman–Crippen LogP) is 13.1. The molecule has 0 radical (unpaired) electrons. The summed E-state index contributed by atoms with van der Waals surface area (Å²) in [4.78, 5) is 0. The maximum atomic E-state index is 15.1. The van der Waals surface area contributed by atoms with Crippen molar-refractivity contribution in [2.45, 2.75) is 38.3 Å². The standard InChI is InChI=1S/C38H28F6NO2P/c1-23(25-13-5-3-6-14-25)45(24(2)26-15-7-4-8-16-26)48-46-35-31(37(39,40)41)21-27-17-9-11-19-29(27)33(35)34-30-20-12-10-18-28(30)22-32(36(34)47-48)38(42,43)44/h3-24H,1-2H3/t23-,24-/m0/s1. The molecule has 0 fully saturated rings. The minimum Gasteiger partial charge on any atom is -0.407 e. The molecule has 7 rings (SSSR count). The van der Waals surface area contributed by atoms with Crippen molar-refractivity contribution in [3.05, 3.63) is 144 Å². The summed E-state index contributed by atoms with van der Waals surface area (Å²) in [7, 11) is -2.67. The second-order valence-corrected chi connectivity index (χ2v) is 13.0. The molecule has 0 bridgehead atoms. The van der Waals surface area contributed by atoms with Crippen LogP contribution in [0, 0.1) is 0 Å². The Morgan fingerprint density at radius 1 is 0.521 bits per heavy atom. The van der Waals surface area contributed by atoms with Crippen LogP contribution < -0.4 is 4.67 Å². The SMILES string of the molecule is C[C@@H](c1ccccc1)N([C@@H](C)c1ccccc1)p1oc2c(C(F)(F)F)cc3ccccc3c2c2c(o1)c(C(F)(F)F)cc1ccccc12. The first kappa shape index (κ1) is 31.9. The van der Waals surface area contributed by atoms with E-state index in [-0.39, 0.29) is 21.5 Å². The van der Waals surface area contributed by atoms with Gasteiger partial charge in [-0.15, -0.1) is 0 Å². The monoisotopic (exact) mass is 675 g/mol. The van der Waals surface area contributed by atoms with Crippen molar-refractivity contribution in [1.29, 1.82) is 0 Å². The minimum atomic E-state index is -4.90. The lowest BCUT2D eigenvalue weighted by Gasteiger charge is -2.32. The zero-order valence-electron chi connectivity index (χ0n) is 25.7. The van der Waals surface area contributed by atoms with Gasteiger partial charge in [0.25, 0.3) is 0 Å². The van der Waals surface area contributed by atoms with Crippen LogP contribution in [0.25, 0.3) is 43.5 Å². The number of hydrogen-bond acceptors (Lipinski definition) is 3. The predicted molar refractivity (Wildman–Crippen MR) is 179 cm³/mol. The highest BCUT2D eigenvalue weighted by molar-refractivity contribution is 7.39. The summed E-state index contributed by atoms with van der Waals surface area (Å²) in [5, 5.41) is 0.844. The van der Waals surface area contributed by atoms with Crippen LogP contribution in [-0.4, -0.2) is 0 Å². The van der Waals surface area contributed by atoms with Crippen LogP contribution in [0.2, 0.25) is 0 Å². The first-order valence-electron chi connectivity index (χ1n) is 15.2. The number of benzene rings is 6. The molecule has 1 heterocycles. The fourth-order valence-electron chi connectivity index (χ4n) is 6.42. The van der Waals surface area contributed by atoms with Gasteiger partial charge in [0.2, 0.25) is 0 Å². The van der Waals surface area contributed by atoms with E-state index in [1.807, 2.05) is 74.5 Å². The molecule has 3 nitrogen and oxygen atoms in total. The molecule has 10 heteroatoms. The van der Waals surface area contributed by atoms with Crippen LogP contribution in [0.4, 0.5) is 26.3 Å². The van der Waals surface area contributed by atoms with Crippen LogP contribution >= 0.6 is 8.16 Å². The third-order valence-electron chi connectivity index (χ3n) is 8.75. The highest BCUT2D eigenvalue weighted by atomic mass is 31.1. The Kier molecular flexibility index (Phi) is 8.01. The first-order chi connectivity index (χ1) is 22.9. The van der Waals surface area contributed by atoms with Crippen LogP contribution in [-0.2, 0) is 12.4 Å². The van der Waals surface area contributed by atoms with Crippen molar-refractivity contribution >= 4 is 51.6 Å². The minimum absolute atomic E-state index is 0.0950. The maximum absolute atomic E-state index is 15.1. The summed E-state index contributed by atoms with van der Waals surface area (Å²) in [5.74, 6) is 0. The molecule has 0 spiro atoms. The van der Waals surface area contributed by atoms with Gasteiger partial charge >= 0.3 is 20.5 Å². The van der Waals surface area contributed by atoms with Gasteiger partial charge in [0, 0.05) is 22.9 Å². The molecule has 0 aliphatic rings. The summed E-state index contributed by atoms with van der Waals surface area (Å²) >= 11 is 0. The highest BCUT2D eigenvalue weighted by Crippen LogP contribution is 2.52. The fourth-order valence-corrected chi connectivity index (χ4v) is 8.17. The maximum Gasteiger partial charge on any atom is 0.420 e. The van der Waals surface area contributed by atoms with Crippen molar-refractivity contribution in [2.24, 2.45) is 0 Å². The largest absolute Gasteiger partial charge is 0.420 e. The molecule has 48 heavy (non-hydrogen) atoms. The van der Waals surface area contributed by atoms with Crippen molar-refractivity contribution in [1.82, 2.24) is 0 Å². The van der Waals surface area contributed by atoms with Gasteiger partial charge in [0.05, 0.1) is 11.1 Å². The van der Waals surface area contributed by atoms with Gasteiger partial charge in [0.1, 0.15) is 0 Å². The number of rotatable bonds is 5. The Morgan fingerprint density at radius 2 is 0.875 bits per heavy atom. The molecule has 7 aromatic rings. The van der Waals surface area contributed by atoms with Crippen molar-refractivity contribution < 1.29 is 34.7 Å². The Morgan fingerprint density at radius 3 is 1.25 bits per heavy atom. The molecule has 0 unspecified atom stereocenters. The Bertz CT molecular complexity index is 2160. The summed E-state index contributed by atoms with van der Waals surface area (Å²) < 4.78 is 105. The smallest absolute Gasteiger partial charge is 0.407 e. The lowest BCUT2D eigenvalue weighted by Crippen LogP contribution is -2.27. The van der Waals surface area contributed by atoms with E-state index in [9.17, 15) is 0 Å². The lowest BCUT2D eigenvalue weighted by atomic mass is 9.94. The van der Waals surface area contributed by atoms with Crippen LogP contribution in [0.5, 0.6) is 0 Å². The summed E-state index contributed by atoms with van der Waals surface area (Å²) in [6.07, 6.45) is -9.81. The third-order valence-corrected chi connectivity index (χ3v) is 10.5. The normalized spacial score (nSPS) is 13.9. The van der Waals surface area contributed by atoms with Gasteiger partial charge in [-0.2, -0.15) is 31.0 Å². The van der Waals surface area contributed by atoms with E-state index >= 15 is 26.3 Å². The van der Waals surface area contributed by atoms with Gasteiger partial charge < -0.3 is 8.39 Å². The molecule has 244 valence electrons. The number of nitrogens with zero attached hydrogens (tertiary/aromatic N) is 1. The van der Waals surface area contributed by atoms with Crippen molar-refractivity contribution in [3.63, 3.8) is 0 Å². The molecule has 6 aromatic carbocycles. The van der Waals surface area contributed by atoms with Gasteiger partial charge in [-0.05, 0) is 58.7 Å². The third kappa shape index (κ3) is 5.61. The number of alkyl halides is 6. The Hall–Kier alpha value is -4.72. The van der Waals surface area contributed by atoms with E-state index in [0.29, 0.717) is 10.8 Å². The van der Waals surface area contributed by atoms with Crippen molar-refractivity contribution in [3.8, 4) is 0 Å². The second kappa shape index (κ2) is 12.1. The van der Waals surface area contributed by atoms with Crippen molar-refractivity contribution in [2.75, 3.05) is 4.67 Å². The van der Waals surface area contributed by atoms with Gasteiger partial charge in [-0.1, -0.05) is 109 Å². The number of fused-ring (bicyclic) bond motifs is 7. The zero-order valence-corrected chi connectivity index (χ0v) is 26.6. The van der Waals surface area contributed by atoms with Crippen LogP contribution in [0.3, 0.4) is 0 Å². The van der Waals surface area contributed by atoms with E-state index in [4.69, 9.17) is 8.39 Å². The van der Waals surface area contributed by atoms with Gasteiger partial charge in [0.15, 0.2) is 11.2 Å². The molecule has 0 aliphatic heterocycles. The molecule has 0 aliphatic carbocycles. The Balaban J connectivity index is 1.75. The van der Waals surface area contributed by atoms with E-state index in [0.717, 1.165) is 23.3 Å². The quantitative estimate of drug-likeness (QED) is 0.170. The van der Waals surface area contributed by atoms with E-state index in [1.54, 1.807) is 41.1 Å². The highest BCUT2D eigenvalue weighted by Gasteiger charge is 2.39. The van der Waals surface area contributed by atoms with E-state index in [2.05, 4.69) is 0 Å². The second-order valence-electron chi connectivity index (χ2n) is 11.7. The molecule has 2 atom stereocenters. The topological polar surface area (TPSA) is 29.5 Å². The summed E-state index contributed by atoms with van der Waals surface area (Å²) in [6.45, 7) is 3.68. The molecule has 0 N–H and O–H groups in total. The molecular weight excluding hydrogens is 647 g/mol. The molecule has 0 saturated carbocycles. The average molecular weight is 676 g/mol.